The number of nitrogens with zero attached hydrogens (tertiary/aromatic N) is 2. The van der Waals surface area contributed by atoms with Crippen LogP contribution in [0.3, 0.4) is 0 Å². The van der Waals surface area contributed by atoms with Gasteiger partial charge in [-0.05, 0) is 32.4 Å². The smallest absolute Gasteiger partial charge is 0.231 e. The van der Waals surface area contributed by atoms with Crippen LogP contribution in [-0.4, -0.2) is 61.2 Å². The van der Waals surface area contributed by atoms with Gasteiger partial charge in [-0.1, -0.05) is 0 Å². The van der Waals surface area contributed by atoms with Gasteiger partial charge in [0.2, 0.25) is 12.7 Å². The highest BCUT2D eigenvalue weighted by molar-refractivity contribution is 5.78. The summed E-state index contributed by atoms with van der Waals surface area (Å²) < 4.78 is 16.7. The second kappa shape index (κ2) is 7.32. The van der Waals surface area contributed by atoms with Crippen molar-refractivity contribution < 1.29 is 24.1 Å². The molecule has 1 unspecified atom stereocenters. The van der Waals surface area contributed by atoms with Crippen LogP contribution in [0.5, 0.6) is 11.5 Å². The highest BCUT2D eigenvalue weighted by Crippen LogP contribution is 2.39. The van der Waals surface area contributed by atoms with E-state index < -0.39 is 6.10 Å². The number of carbonyl (C=O) groups excluding carboxylic acids is 1. The van der Waals surface area contributed by atoms with Gasteiger partial charge in [0, 0.05) is 44.9 Å². The molecule has 1 aromatic rings. The summed E-state index contributed by atoms with van der Waals surface area (Å²) >= 11 is 0. The minimum Gasteiger partial charge on any atom is -0.454 e. The van der Waals surface area contributed by atoms with Gasteiger partial charge in [-0.3, -0.25) is 4.79 Å². The summed E-state index contributed by atoms with van der Waals surface area (Å²) in [5, 5.41) is 10.4. The Balaban J connectivity index is 1.83. The summed E-state index contributed by atoms with van der Waals surface area (Å²) in [4.78, 5) is 16.0. The zero-order valence-corrected chi connectivity index (χ0v) is 15.9. The van der Waals surface area contributed by atoms with Crippen LogP contribution >= 0.6 is 0 Å². The Bertz CT molecular complexity index is 671. The Morgan fingerprint density at radius 2 is 1.96 bits per heavy atom. The molecular weight excluding hydrogens is 336 g/mol. The molecule has 0 saturated heterocycles. The third-order valence-corrected chi connectivity index (χ3v) is 4.48. The number of rotatable bonds is 4. The van der Waals surface area contributed by atoms with Crippen molar-refractivity contribution >= 4 is 11.6 Å². The minimum atomic E-state index is -0.653. The monoisotopic (exact) mass is 364 g/mol. The second-order valence-electron chi connectivity index (χ2n) is 7.86. The highest BCUT2D eigenvalue weighted by Gasteiger charge is 2.26. The number of carbonyl (C=O) groups is 1. The first kappa shape index (κ1) is 18.8. The molecule has 2 heterocycles. The molecule has 0 radical (unpaired) electrons. The Kier molecular flexibility index (Phi) is 5.29. The zero-order valence-electron chi connectivity index (χ0n) is 15.9. The molecule has 1 amide bonds. The van der Waals surface area contributed by atoms with E-state index in [-0.39, 0.29) is 24.9 Å². The molecule has 3 rings (SSSR count). The Hall–Kier alpha value is -1.99. The number of aliphatic hydroxyl groups excluding tert-OH is 1. The molecular formula is C19H28N2O5. The molecule has 1 aromatic carbocycles. The van der Waals surface area contributed by atoms with Gasteiger partial charge in [-0.15, -0.1) is 0 Å². The molecule has 1 atom stereocenters. The van der Waals surface area contributed by atoms with E-state index in [0.29, 0.717) is 37.6 Å². The fraction of sp³-hybridized carbons (Fsp3) is 0.632. The largest absolute Gasteiger partial charge is 0.454 e. The van der Waals surface area contributed by atoms with Crippen molar-refractivity contribution in [1.82, 2.24) is 4.90 Å². The van der Waals surface area contributed by atoms with Crippen molar-refractivity contribution in [3.05, 3.63) is 17.7 Å². The normalized spacial score (nSPS) is 18.4. The van der Waals surface area contributed by atoms with Crippen molar-refractivity contribution in [3.8, 4) is 11.5 Å². The Morgan fingerprint density at radius 3 is 2.65 bits per heavy atom. The van der Waals surface area contributed by atoms with E-state index in [2.05, 4.69) is 0 Å². The highest BCUT2D eigenvalue weighted by atomic mass is 16.7. The van der Waals surface area contributed by atoms with E-state index in [1.807, 2.05) is 37.8 Å². The summed E-state index contributed by atoms with van der Waals surface area (Å²) in [6, 6.07) is 3.87. The van der Waals surface area contributed by atoms with Crippen LogP contribution in [0.1, 0.15) is 32.8 Å². The zero-order chi connectivity index (χ0) is 18.9. The first-order valence-electron chi connectivity index (χ1n) is 8.96. The van der Waals surface area contributed by atoms with Crippen molar-refractivity contribution in [2.75, 3.05) is 38.4 Å². The van der Waals surface area contributed by atoms with Crippen LogP contribution in [0.25, 0.3) is 0 Å². The third-order valence-electron chi connectivity index (χ3n) is 4.48. The molecule has 26 heavy (non-hydrogen) atoms. The topological polar surface area (TPSA) is 71.5 Å². The molecule has 144 valence electrons. The van der Waals surface area contributed by atoms with Gasteiger partial charge < -0.3 is 29.1 Å². The third kappa shape index (κ3) is 4.40. The summed E-state index contributed by atoms with van der Waals surface area (Å²) in [6.07, 6.45) is -0.253. The van der Waals surface area contributed by atoms with Gasteiger partial charge >= 0.3 is 0 Å². The lowest BCUT2D eigenvalue weighted by atomic mass is 10.1. The summed E-state index contributed by atoms with van der Waals surface area (Å²) in [5.41, 5.74) is 1.64. The lowest BCUT2D eigenvalue weighted by molar-refractivity contribution is -0.130. The first-order chi connectivity index (χ1) is 12.2. The van der Waals surface area contributed by atoms with Gasteiger partial charge in [0.15, 0.2) is 11.5 Å². The Morgan fingerprint density at radius 1 is 1.27 bits per heavy atom. The number of anilines is 1. The minimum absolute atomic E-state index is 0.0822. The number of benzene rings is 1. The van der Waals surface area contributed by atoms with E-state index in [9.17, 15) is 9.90 Å². The van der Waals surface area contributed by atoms with E-state index in [1.54, 1.807) is 11.9 Å². The second-order valence-corrected chi connectivity index (χ2v) is 7.86. The van der Waals surface area contributed by atoms with Crippen LogP contribution in [0, 0.1) is 0 Å². The van der Waals surface area contributed by atoms with E-state index in [4.69, 9.17) is 14.2 Å². The quantitative estimate of drug-likeness (QED) is 0.878. The number of fused-ring (bicyclic) bond motifs is 2. The number of amides is 1. The average Bonchev–Trinajstić information content (AvgIpc) is 3.01. The van der Waals surface area contributed by atoms with Crippen molar-refractivity contribution in [2.24, 2.45) is 0 Å². The summed E-state index contributed by atoms with van der Waals surface area (Å²) in [7, 11) is 1.80. The molecule has 0 bridgehead atoms. The molecule has 0 aromatic heterocycles. The van der Waals surface area contributed by atoms with E-state index >= 15 is 0 Å². The number of aliphatic hydroxyl groups is 1. The maximum Gasteiger partial charge on any atom is 0.231 e. The predicted molar refractivity (Wildman–Crippen MR) is 97.6 cm³/mol. The maximum absolute atomic E-state index is 12.3. The van der Waals surface area contributed by atoms with Gasteiger partial charge in [0.1, 0.15) is 0 Å². The number of ether oxygens (including phenoxy) is 3. The van der Waals surface area contributed by atoms with Crippen molar-refractivity contribution in [1.29, 1.82) is 0 Å². The van der Waals surface area contributed by atoms with Crippen LogP contribution < -0.4 is 14.4 Å². The fourth-order valence-corrected chi connectivity index (χ4v) is 3.12. The van der Waals surface area contributed by atoms with Gasteiger partial charge in [0.05, 0.1) is 18.3 Å². The molecule has 2 aliphatic rings. The van der Waals surface area contributed by atoms with Crippen LogP contribution in [0.15, 0.2) is 12.1 Å². The maximum atomic E-state index is 12.3. The molecule has 2 aliphatic heterocycles. The van der Waals surface area contributed by atoms with Crippen LogP contribution in [0.4, 0.5) is 5.69 Å². The van der Waals surface area contributed by atoms with Crippen molar-refractivity contribution in [3.63, 3.8) is 0 Å². The summed E-state index contributed by atoms with van der Waals surface area (Å²) in [6.45, 7) is 7.74. The van der Waals surface area contributed by atoms with E-state index in [0.717, 1.165) is 11.3 Å². The van der Waals surface area contributed by atoms with Crippen LogP contribution in [-0.2, 0) is 16.1 Å². The number of hydrogen-bond donors (Lipinski definition) is 1. The molecule has 0 saturated carbocycles. The SMILES string of the molecule is CN1Cc2cc3c(cc2N(CC(O)COC(C)(C)C)CCC1=O)OCO3. The molecule has 7 nitrogen and oxygen atoms in total. The predicted octanol–water partition coefficient (Wildman–Crippen LogP) is 1.76. The standard InChI is InChI=1S/C19H28N2O5/c1-19(2,3)26-11-14(22)10-21-6-5-18(23)20(4)9-13-7-16-17(8-15(13)21)25-12-24-16/h7-8,14,22H,5-6,9-12H2,1-4H3. The van der Waals surface area contributed by atoms with Crippen LogP contribution in [0.2, 0.25) is 0 Å². The van der Waals surface area contributed by atoms with E-state index in [1.165, 1.54) is 0 Å². The van der Waals surface area contributed by atoms with Crippen molar-refractivity contribution in [2.45, 2.75) is 45.4 Å². The molecule has 1 N–H and O–H groups in total. The van der Waals surface area contributed by atoms with Gasteiger partial charge in [-0.2, -0.15) is 0 Å². The molecule has 7 heteroatoms. The fourth-order valence-electron chi connectivity index (χ4n) is 3.12. The lowest BCUT2D eigenvalue weighted by Gasteiger charge is -2.33. The average molecular weight is 364 g/mol. The Labute approximate surface area is 154 Å². The van der Waals surface area contributed by atoms with Gasteiger partial charge in [0.25, 0.3) is 0 Å². The molecule has 0 spiro atoms. The lowest BCUT2D eigenvalue weighted by Crippen LogP contribution is -2.41. The first-order valence-corrected chi connectivity index (χ1v) is 8.96. The number of hydrogen-bond acceptors (Lipinski definition) is 6. The molecule has 0 aliphatic carbocycles. The summed E-state index contributed by atoms with van der Waals surface area (Å²) in [5.74, 6) is 1.48. The van der Waals surface area contributed by atoms with Gasteiger partial charge in [-0.25, -0.2) is 0 Å². The molecule has 0 fully saturated rings. The number of β-amino-alcohol motifs (C(OH)–C–C–N with tert-alkyl or cyclic N) is 1.